The number of fused-ring (bicyclic) bond motifs is 3. The Hall–Kier alpha value is -5.08. The van der Waals surface area contributed by atoms with Gasteiger partial charge < -0.3 is 28.6 Å². The molecule has 0 atom stereocenters. The van der Waals surface area contributed by atoms with E-state index >= 15 is 0 Å². The number of pyridine rings is 1. The SMILES string of the molecule is COc1cc(OC)cc(-n2nc(C(=O)N3CCOCC3(C)C)c3c2-c2cc(-c4cncc(C#N)c4)c(OC)cc2OC3)c1. The van der Waals surface area contributed by atoms with Crippen LogP contribution < -0.4 is 18.9 Å². The van der Waals surface area contributed by atoms with Crippen LogP contribution in [-0.2, 0) is 11.3 Å². The van der Waals surface area contributed by atoms with Crippen LogP contribution in [0.1, 0.15) is 35.5 Å². The van der Waals surface area contributed by atoms with Crippen LogP contribution in [0.25, 0.3) is 28.1 Å². The molecule has 220 valence electrons. The Morgan fingerprint density at radius 3 is 2.44 bits per heavy atom. The fourth-order valence-electron chi connectivity index (χ4n) is 5.56. The number of hydrogen-bond donors (Lipinski definition) is 0. The molecule has 43 heavy (non-hydrogen) atoms. The number of amides is 1. The number of aromatic nitrogens is 3. The average Bonchev–Trinajstić information content (AvgIpc) is 3.43. The van der Waals surface area contributed by atoms with Crippen LogP contribution in [0.3, 0.4) is 0 Å². The zero-order chi connectivity index (χ0) is 30.3. The lowest BCUT2D eigenvalue weighted by Crippen LogP contribution is -2.55. The Morgan fingerprint density at radius 2 is 1.77 bits per heavy atom. The Morgan fingerprint density at radius 1 is 1.00 bits per heavy atom. The van der Waals surface area contributed by atoms with Crippen molar-refractivity contribution in [2.75, 3.05) is 41.1 Å². The quantitative estimate of drug-likeness (QED) is 0.321. The van der Waals surface area contributed by atoms with E-state index in [0.717, 1.165) is 0 Å². The Balaban J connectivity index is 1.61. The lowest BCUT2D eigenvalue weighted by molar-refractivity contribution is -0.0374. The van der Waals surface area contributed by atoms with E-state index < -0.39 is 5.54 Å². The molecule has 0 unspecified atom stereocenters. The molecular formula is C32H31N5O6. The number of morpholine rings is 1. The van der Waals surface area contributed by atoms with Crippen LogP contribution in [0, 0.1) is 11.3 Å². The highest BCUT2D eigenvalue weighted by Crippen LogP contribution is 2.46. The molecule has 0 saturated carbocycles. The maximum atomic E-state index is 14.2. The molecule has 1 saturated heterocycles. The van der Waals surface area contributed by atoms with Gasteiger partial charge in [0.05, 0.1) is 57.0 Å². The molecule has 0 bridgehead atoms. The lowest BCUT2D eigenvalue weighted by Gasteiger charge is -2.41. The van der Waals surface area contributed by atoms with E-state index in [0.29, 0.717) is 87.6 Å². The monoisotopic (exact) mass is 581 g/mol. The number of nitrogens with zero attached hydrogens (tertiary/aromatic N) is 5. The van der Waals surface area contributed by atoms with Crippen molar-refractivity contribution in [1.82, 2.24) is 19.7 Å². The topological polar surface area (TPSA) is 121 Å². The standard InChI is InChI=1S/C32H31N5O6/c1-32(2)18-42-7-6-36(32)31(38)29-26-17-43-28-13-27(41-5)24(20-8-19(14-33)15-34-16-20)12-25(28)30(26)37(35-29)21-9-22(39-3)11-23(10-21)40-4/h8-13,15-16H,6-7,17-18H2,1-5H3. The summed E-state index contributed by atoms with van der Waals surface area (Å²) >= 11 is 0. The van der Waals surface area contributed by atoms with Gasteiger partial charge in [-0.1, -0.05) is 0 Å². The predicted molar refractivity (Wildman–Crippen MR) is 157 cm³/mol. The highest BCUT2D eigenvalue weighted by atomic mass is 16.5. The van der Waals surface area contributed by atoms with E-state index in [4.69, 9.17) is 28.8 Å². The van der Waals surface area contributed by atoms with Crippen molar-refractivity contribution >= 4 is 5.91 Å². The van der Waals surface area contributed by atoms with Gasteiger partial charge in [-0.3, -0.25) is 9.78 Å². The molecule has 6 rings (SSSR count). The van der Waals surface area contributed by atoms with Gasteiger partial charge in [0.15, 0.2) is 5.69 Å². The maximum absolute atomic E-state index is 14.2. The van der Waals surface area contributed by atoms with Gasteiger partial charge >= 0.3 is 0 Å². The van der Waals surface area contributed by atoms with E-state index in [9.17, 15) is 10.1 Å². The van der Waals surface area contributed by atoms with Gasteiger partial charge in [0.2, 0.25) is 0 Å². The van der Waals surface area contributed by atoms with Gasteiger partial charge in [-0.25, -0.2) is 4.68 Å². The zero-order valence-corrected chi connectivity index (χ0v) is 24.6. The molecule has 4 heterocycles. The molecule has 1 amide bonds. The summed E-state index contributed by atoms with van der Waals surface area (Å²) in [5, 5.41) is 14.4. The van der Waals surface area contributed by atoms with Crippen LogP contribution in [0.5, 0.6) is 23.0 Å². The molecule has 2 aliphatic heterocycles. The van der Waals surface area contributed by atoms with Gasteiger partial charge in [-0.15, -0.1) is 0 Å². The van der Waals surface area contributed by atoms with Crippen LogP contribution in [0.2, 0.25) is 0 Å². The number of methoxy groups -OCH3 is 3. The summed E-state index contributed by atoms with van der Waals surface area (Å²) in [6, 6.07) is 13.1. The first-order valence-corrected chi connectivity index (χ1v) is 13.7. The highest BCUT2D eigenvalue weighted by molar-refractivity contribution is 5.97. The van der Waals surface area contributed by atoms with Crippen molar-refractivity contribution in [3.63, 3.8) is 0 Å². The first kappa shape index (κ1) is 28.1. The molecule has 4 aromatic rings. The molecule has 0 aliphatic carbocycles. The van der Waals surface area contributed by atoms with Crippen molar-refractivity contribution in [2.24, 2.45) is 0 Å². The number of rotatable bonds is 6. The first-order valence-electron chi connectivity index (χ1n) is 13.7. The van der Waals surface area contributed by atoms with E-state index in [-0.39, 0.29) is 12.5 Å². The maximum Gasteiger partial charge on any atom is 0.275 e. The van der Waals surface area contributed by atoms with Crippen LogP contribution in [-0.4, -0.2) is 72.2 Å². The summed E-state index contributed by atoms with van der Waals surface area (Å²) < 4.78 is 30.5. The summed E-state index contributed by atoms with van der Waals surface area (Å²) in [6.07, 6.45) is 3.18. The number of carbonyl (C=O) groups is 1. The second-order valence-electron chi connectivity index (χ2n) is 10.9. The van der Waals surface area contributed by atoms with Gasteiger partial charge in [0.1, 0.15) is 35.7 Å². The minimum atomic E-state index is -0.516. The van der Waals surface area contributed by atoms with Crippen molar-refractivity contribution in [3.05, 3.63) is 65.6 Å². The third kappa shape index (κ3) is 4.89. The van der Waals surface area contributed by atoms with Crippen molar-refractivity contribution < 1.29 is 28.5 Å². The second-order valence-corrected chi connectivity index (χ2v) is 10.9. The number of carbonyl (C=O) groups excluding carboxylic acids is 1. The Bertz CT molecular complexity index is 1750. The third-order valence-corrected chi connectivity index (χ3v) is 7.76. The number of benzene rings is 2. The normalized spacial score (nSPS) is 15.0. The average molecular weight is 582 g/mol. The van der Waals surface area contributed by atoms with Crippen molar-refractivity contribution in [2.45, 2.75) is 26.0 Å². The molecule has 0 spiro atoms. The van der Waals surface area contributed by atoms with E-state index in [1.165, 1.54) is 6.20 Å². The smallest absolute Gasteiger partial charge is 0.275 e. The Labute approximate surface area is 249 Å². The molecule has 2 aliphatic rings. The summed E-state index contributed by atoms with van der Waals surface area (Å²) in [4.78, 5) is 20.2. The summed E-state index contributed by atoms with van der Waals surface area (Å²) in [7, 11) is 4.74. The van der Waals surface area contributed by atoms with Crippen LogP contribution in [0.15, 0.2) is 48.8 Å². The fraction of sp³-hybridized carbons (Fsp3) is 0.312. The van der Waals surface area contributed by atoms with Crippen molar-refractivity contribution in [1.29, 1.82) is 5.26 Å². The van der Waals surface area contributed by atoms with Crippen molar-refractivity contribution in [3.8, 4) is 57.1 Å². The minimum Gasteiger partial charge on any atom is -0.497 e. The summed E-state index contributed by atoms with van der Waals surface area (Å²) in [5.41, 5.74) is 4.30. The third-order valence-electron chi connectivity index (χ3n) is 7.76. The molecule has 0 N–H and O–H groups in total. The van der Waals surface area contributed by atoms with Gasteiger partial charge in [0.25, 0.3) is 5.91 Å². The lowest BCUT2D eigenvalue weighted by atomic mass is 9.95. The van der Waals surface area contributed by atoms with E-state index in [2.05, 4.69) is 11.1 Å². The molecule has 11 heteroatoms. The first-order chi connectivity index (χ1) is 20.8. The molecule has 2 aromatic heterocycles. The van der Waals surface area contributed by atoms with Gasteiger partial charge in [-0.05, 0) is 26.0 Å². The molecule has 11 nitrogen and oxygen atoms in total. The zero-order valence-electron chi connectivity index (χ0n) is 24.6. The highest BCUT2D eigenvalue weighted by Gasteiger charge is 2.39. The summed E-state index contributed by atoms with van der Waals surface area (Å²) in [6.45, 7) is 5.41. The molecular weight excluding hydrogens is 550 g/mol. The predicted octanol–water partition coefficient (Wildman–Crippen LogP) is 4.64. The molecule has 0 radical (unpaired) electrons. The van der Waals surface area contributed by atoms with E-state index in [1.807, 2.05) is 43.0 Å². The van der Waals surface area contributed by atoms with Gasteiger partial charge in [0, 0.05) is 65.5 Å². The molecule has 1 fully saturated rings. The minimum absolute atomic E-state index is 0.128. The molecule has 2 aromatic carbocycles. The number of hydrogen-bond acceptors (Lipinski definition) is 9. The van der Waals surface area contributed by atoms with Crippen LogP contribution >= 0.6 is 0 Å². The largest absolute Gasteiger partial charge is 0.497 e. The number of nitriles is 1. The number of ether oxygens (including phenoxy) is 5. The second kappa shape index (κ2) is 11.0. The van der Waals surface area contributed by atoms with Crippen LogP contribution in [0.4, 0.5) is 0 Å². The Kier molecular flexibility index (Phi) is 7.15. The fourth-order valence-corrected chi connectivity index (χ4v) is 5.56. The summed E-state index contributed by atoms with van der Waals surface area (Å²) in [5.74, 6) is 2.06. The van der Waals surface area contributed by atoms with Gasteiger partial charge in [-0.2, -0.15) is 10.4 Å². The van der Waals surface area contributed by atoms with E-state index in [1.54, 1.807) is 44.3 Å².